The van der Waals surface area contributed by atoms with Crippen molar-refractivity contribution in [1.82, 2.24) is 0 Å². The van der Waals surface area contributed by atoms with Crippen molar-refractivity contribution in [2.24, 2.45) is 21.8 Å². The lowest BCUT2D eigenvalue weighted by Gasteiger charge is -2.08. The highest BCUT2D eigenvalue weighted by Gasteiger charge is 2.09. The molecule has 0 amide bonds. The van der Waals surface area contributed by atoms with Crippen LogP contribution in [0.1, 0.15) is 11.1 Å². The van der Waals surface area contributed by atoms with Crippen LogP contribution in [0.15, 0.2) is 77.0 Å². The van der Waals surface area contributed by atoms with Gasteiger partial charge in [-0.3, -0.25) is 0 Å². The van der Waals surface area contributed by atoms with Crippen LogP contribution >= 0.6 is 0 Å². The quantitative estimate of drug-likeness (QED) is 0.246. The second-order valence-electron chi connectivity index (χ2n) is 5.82. The van der Waals surface area contributed by atoms with E-state index in [9.17, 15) is 4.39 Å². The fourth-order valence-corrected chi connectivity index (χ4v) is 2.70. The van der Waals surface area contributed by atoms with Crippen molar-refractivity contribution in [3.63, 3.8) is 0 Å². The molecule has 0 bridgehead atoms. The van der Waals surface area contributed by atoms with Crippen molar-refractivity contribution in [1.29, 1.82) is 0 Å². The lowest BCUT2D eigenvalue weighted by atomic mass is 9.98. The van der Waals surface area contributed by atoms with Gasteiger partial charge in [-0.05, 0) is 22.8 Å². The molecule has 27 heavy (non-hydrogen) atoms. The summed E-state index contributed by atoms with van der Waals surface area (Å²) in [6.45, 7) is 0. The molecule has 0 saturated heterocycles. The first-order valence-electron chi connectivity index (χ1n) is 7.99. The molecule has 0 fully saturated rings. The van der Waals surface area contributed by atoms with Crippen molar-refractivity contribution in [3.05, 3.63) is 83.7 Å². The number of amidine groups is 2. The molecule has 0 radical (unpaired) electrons. The van der Waals surface area contributed by atoms with Crippen LogP contribution < -0.4 is 11.5 Å². The molecule has 0 aliphatic rings. The van der Waals surface area contributed by atoms with Crippen LogP contribution in [0.4, 0.5) is 4.39 Å². The maximum Gasteiger partial charge on any atom is 0.170 e. The van der Waals surface area contributed by atoms with Gasteiger partial charge in [0.05, 0.1) is 0 Å². The summed E-state index contributed by atoms with van der Waals surface area (Å²) in [7, 11) is 0. The second kappa shape index (κ2) is 7.57. The van der Waals surface area contributed by atoms with Crippen molar-refractivity contribution in [3.8, 4) is 22.3 Å². The lowest BCUT2D eigenvalue weighted by molar-refractivity contribution is 0.318. The van der Waals surface area contributed by atoms with Gasteiger partial charge in [0.2, 0.25) is 0 Å². The number of nitrogens with zero attached hydrogens (tertiary/aromatic N) is 2. The van der Waals surface area contributed by atoms with Crippen molar-refractivity contribution >= 4 is 11.7 Å². The van der Waals surface area contributed by atoms with Crippen molar-refractivity contribution in [2.75, 3.05) is 0 Å². The molecule has 0 atom stereocenters. The molecule has 0 aromatic heterocycles. The molecule has 0 heterocycles. The third-order valence-electron chi connectivity index (χ3n) is 4.19. The summed E-state index contributed by atoms with van der Waals surface area (Å²) in [5.41, 5.74) is 14.8. The van der Waals surface area contributed by atoms with Crippen LogP contribution in [0.5, 0.6) is 0 Å². The Balaban J connectivity index is 1.90. The molecule has 3 rings (SSSR count). The number of nitrogens with two attached hydrogens (primary N) is 2. The Morgan fingerprint density at radius 3 is 1.56 bits per heavy atom. The number of oxime groups is 2. The van der Waals surface area contributed by atoms with E-state index in [1.807, 2.05) is 6.07 Å². The summed E-state index contributed by atoms with van der Waals surface area (Å²) in [6, 6.07) is 18.6. The normalized spacial score (nSPS) is 12.2. The first kappa shape index (κ1) is 17.9. The van der Waals surface area contributed by atoms with Gasteiger partial charge in [0.25, 0.3) is 0 Å². The van der Waals surface area contributed by atoms with Gasteiger partial charge in [0, 0.05) is 16.7 Å². The minimum absolute atomic E-state index is 0.00676. The van der Waals surface area contributed by atoms with E-state index in [0.717, 1.165) is 5.56 Å². The highest BCUT2D eigenvalue weighted by atomic mass is 19.1. The van der Waals surface area contributed by atoms with Crippen LogP contribution in [-0.2, 0) is 0 Å². The molecule has 3 aromatic rings. The average Bonchev–Trinajstić information content (AvgIpc) is 2.72. The summed E-state index contributed by atoms with van der Waals surface area (Å²) in [6.07, 6.45) is 0. The Morgan fingerprint density at radius 2 is 1.11 bits per heavy atom. The van der Waals surface area contributed by atoms with E-state index in [2.05, 4.69) is 10.3 Å². The molecular weight excluding hydrogens is 347 g/mol. The smallest absolute Gasteiger partial charge is 0.170 e. The van der Waals surface area contributed by atoms with Gasteiger partial charge in [0.15, 0.2) is 11.7 Å². The number of benzene rings is 3. The standard InChI is InChI=1S/C20H17FN4O2/c21-18-11-16(12-1-5-14(6-2-12)19(22)24-26)9-10-17(18)13-3-7-15(8-4-13)20(23)25-27/h1-11,26-27H,(H2,22,24)(H2,23,25). The Labute approximate surface area is 154 Å². The van der Waals surface area contributed by atoms with Crippen LogP contribution in [0.2, 0.25) is 0 Å². The second-order valence-corrected chi connectivity index (χ2v) is 5.82. The van der Waals surface area contributed by atoms with E-state index in [-0.39, 0.29) is 17.5 Å². The van der Waals surface area contributed by atoms with Crippen LogP contribution in [0.3, 0.4) is 0 Å². The molecule has 0 unspecified atom stereocenters. The van der Waals surface area contributed by atoms with Crippen LogP contribution in [-0.4, -0.2) is 22.1 Å². The van der Waals surface area contributed by atoms with Gasteiger partial charge in [-0.2, -0.15) is 0 Å². The zero-order valence-electron chi connectivity index (χ0n) is 14.2. The molecule has 6 N–H and O–H groups in total. The summed E-state index contributed by atoms with van der Waals surface area (Å²) in [5.74, 6) is -0.365. The van der Waals surface area contributed by atoms with E-state index in [0.29, 0.717) is 27.8 Å². The third-order valence-corrected chi connectivity index (χ3v) is 4.19. The predicted octanol–water partition coefficient (Wildman–Crippen LogP) is 3.35. The van der Waals surface area contributed by atoms with Gasteiger partial charge in [-0.25, -0.2) is 4.39 Å². The van der Waals surface area contributed by atoms with Crippen molar-refractivity contribution < 1.29 is 14.8 Å². The van der Waals surface area contributed by atoms with Gasteiger partial charge >= 0.3 is 0 Å². The van der Waals surface area contributed by atoms with Gasteiger partial charge in [0.1, 0.15) is 5.82 Å². The number of halogens is 1. The predicted molar refractivity (Wildman–Crippen MR) is 102 cm³/mol. The van der Waals surface area contributed by atoms with Crippen LogP contribution in [0, 0.1) is 5.82 Å². The Morgan fingerprint density at radius 1 is 0.667 bits per heavy atom. The van der Waals surface area contributed by atoms with Gasteiger partial charge in [-0.1, -0.05) is 71.0 Å². The topological polar surface area (TPSA) is 117 Å². The molecular formula is C20H17FN4O2. The summed E-state index contributed by atoms with van der Waals surface area (Å²) >= 11 is 0. The van der Waals surface area contributed by atoms with Gasteiger partial charge in [-0.15, -0.1) is 0 Å². The first-order valence-corrected chi connectivity index (χ1v) is 7.99. The van der Waals surface area contributed by atoms with Crippen LogP contribution in [0.25, 0.3) is 22.3 Å². The molecule has 0 spiro atoms. The third kappa shape index (κ3) is 3.72. The highest BCUT2D eigenvalue weighted by Crippen LogP contribution is 2.28. The SMILES string of the molecule is N/C(=N\O)c1ccc(-c2ccc(-c3ccc(/C(N)=N/O)cc3)c(F)c2)cc1. The van der Waals surface area contributed by atoms with Gasteiger partial charge < -0.3 is 21.9 Å². The Hall–Kier alpha value is -3.87. The Bertz CT molecular complexity index is 1010. The van der Waals surface area contributed by atoms with E-state index in [1.54, 1.807) is 54.6 Å². The largest absolute Gasteiger partial charge is 0.409 e. The van der Waals surface area contributed by atoms with E-state index in [1.165, 1.54) is 6.07 Å². The molecule has 3 aromatic carbocycles. The minimum atomic E-state index is -0.371. The number of hydrogen-bond donors (Lipinski definition) is 4. The zero-order valence-corrected chi connectivity index (χ0v) is 14.2. The maximum atomic E-state index is 14.6. The highest BCUT2D eigenvalue weighted by molar-refractivity contribution is 5.98. The van der Waals surface area contributed by atoms with E-state index >= 15 is 0 Å². The average molecular weight is 364 g/mol. The number of rotatable bonds is 4. The fraction of sp³-hybridized carbons (Fsp3) is 0. The van der Waals surface area contributed by atoms with E-state index < -0.39 is 0 Å². The summed E-state index contributed by atoms with van der Waals surface area (Å²) in [4.78, 5) is 0. The minimum Gasteiger partial charge on any atom is -0.409 e. The fourth-order valence-electron chi connectivity index (χ4n) is 2.70. The number of hydrogen-bond acceptors (Lipinski definition) is 4. The van der Waals surface area contributed by atoms with E-state index in [4.69, 9.17) is 21.9 Å². The zero-order chi connectivity index (χ0) is 19.4. The molecule has 0 aliphatic carbocycles. The molecule has 6 nitrogen and oxygen atoms in total. The summed E-state index contributed by atoms with van der Waals surface area (Å²) < 4.78 is 14.6. The molecule has 136 valence electrons. The summed E-state index contributed by atoms with van der Waals surface area (Å²) in [5, 5.41) is 23.3. The molecule has 7 heteroatoms. The molecule has 0 aliphatic heterocycles. The first-order chi connectivity index (χ1) is 13.0. The monoisotopic (exact) mass is 364 g/mol. The van der Waals surface area contributed by atoms with Crippen molar-refractivity contribution in [2.45, 2.75) is 0 Å². The lowest BCUT2D eigenvalue weighted by Crippen LogP contribution is -2.12. The molecule has 0 saturated carbocycles. The maximum absolute atomic E-state index is 14.6. The Kier molecular flexibility index (Phi) is 5.03.